The van der Waals surface area contributed by atoms with Crippen LogP contribution in [0.1, 0.15) is 37.0 Å². The highest BCUT2D eigenvalue weighted by Crippen LogP contribution is 2.42. The molecule has 0 fully saturated rings. The first-order valence-corrected chi connectivity index (χ1v) is 11.0. The van der Waals surface area contributed by atoms with Crippen molar-refractivity contribution in [1.29, 1.82) is 0 Å². The SMILES string of the molecule is CNC1=CCC(OCc2ccccc2)(c2ccccc2C(C)(C)N(C)CCOC)C=C1. The molecule has 0 aromatic heterocycles. The van der Waals surface area contributed by atoms with Gasteiger partial charge in [-0.2, -0.15) is 0 Å². The molecule has 4 nitrogen and oxygen atoms in total. The predicted molar refractivity (Wildman–Crippen MR) is 128 cm³/mol. The van der Waals surface area contributed by atoms with Gasteiger partial charge in [0.1, 0.15) is 5.60 Å². The van der Waals surface area contributed by atoms with Gasteiger partial charge in [-0.15, -0.1) is 0 Å². The molecule has 1 atom stereocenters. The van der Waals surface area contributed by atoms with E-state index >= 15 is 0 Å². The molecule has 1 aliphatic rings. The lowest BCUT2D eigenvalue weighted by Gasteiger charge is -2.42. The van der Waals surface area contributed by atoms with Crippen molar-refractivity contribution in [2.75, 3.05) is 34.4 Å². The zero-order valence-electron chi connectivity index (χ0n) is 19.5. The van der Waals surface area contributed by atoms with Crippen molar-refractivity contribution in [2.24, 2.45) is 0 Å². The van der Waals surface area contributed by atoms with Gasteiger partial charge in [-0.05, 0) is 49.7 Å². The maximum Gasteiger partial charge on any atom is 0.116 e. The largest absolute Gasteiger partial charge is 0.388 e. The molecular weight excluding hydrogens is 384 g/mol. The molecule has 0 bridgehead atoms. The molecule has 0 spiro atoms. The lowest BCUT2D eigenvalue weighted by molar-refractivity contribution is -0.0262. The fraction of sp³-hybridized carbons (Fsp3) is 0.407. The van der Waals surface area contributed by atoms with Crippen molar-refractivity contribution in [3.8, 4) is 0 Å². The van der Waals surface area contributed by atoms with Gasteiger partial charge in [-0.3, -0.25) is 4.90 Å². The summed E-state index contributed by atoms with van der Waals surface area (Å²) >= 11 is 0. The summed E-state index contributed by atoms with van der Waals surface area (Å²) in [5.41, 5.74) is 4.07. The Hall–Kier alpha value is -2.40. The highest BCUT2D eigenvalue weighted by atomic mass is 16.5. The number of nitrogens with zero attached hydrogens (tertiary/aromatic N) is 1. The average Bonchev–Trinajstić information content (AvgIpc) is 2.82. The molecule has 2 aromatic rings. The maximum atomic E-state index is 6.73. The first-order chi connectivity index (χ1) is 14.9. The summed E-state index contributed by atoms with van der Waals surface area (Å²) in [4.78, 5) is 2.35. The van der Waals surface area contributed by atoms with E-state index in [4.69, 9.17) is 9.47 Å². The zero-order valence-corrected chi connectivity index (χ0v) is 19.5. The van der Waals surface area contributed by atoms with E-state index < -0.39 is 5.60 Å². The smallest absolute Gasteiger partial charge is 0.116 e. The van der Waals surface area contributed by atoms with Crippen LogP contribution in [0.3, 0.4) is 0 Å². The molecule has 2 aromatic carbocycles. The summed E-state index contributed by atoms with van der Waals surface area (Å²) in [6.07, 6.45) is 7.35. The van der Waals surface area contributed by atoms with Crippen molar-refractivity contribution < 1.29 is 9.47 Å². The lowest BCUT2D eigenvalue weighted by atomic mass is 9.78. The molecule has 0 heterocycles. The molecule has 166 valence electrons. The second-order valence-electron chi connectivity index (χ2n) is 8.63. The molecule has 0 amide bonds. The van der Waals surface area contributed by atoms with Crippen LogP contribution in [0.5, 0.6) is 0 Å². The van der Waals surface area contributed by atoms with Crippen molar-refractivity contribution in [2.45, 2.75) is 38.0 Å². The summed E-state index contributed by atoms with van der Waals surface area (Å²) in [7, 11) is 5.86. The number of hydrogen-bond acceptors (Lipinski definition) is 4. The molecule has 1 aliphatic carbocycles. The number of methoxy groups -OCH3 is 1. The normalized spacial score (nSPS) is 18.8. The Balaban J connectivity index is 2.00. The number of allylic oxidation sites excluding steroid dienone is 1. The number of likely N-dealkylation sites (N-methyl/N-ethyl adjacent to an activating group) is 2. The Morgan fingerprint density at radius 2 is 1.77 bits per heavy atom. The summed E-state index contributed by atoms with van der Waals surface area (Å²) in [6.45, 7) is 6.66. The van der Waals surface area contributed by atoms with E-state index in [1.165, 1.54) is 16.7 Å². The number of hydrogen-bond donors (Lipinski definition) is 1. The van der Waals surface area contributed by atoms with E-state index in [0.29, 0.717) is 13.2 Å². The average molecular weight is 421 g/mol. The molecule has 0 radical (unpaired) electrons. The van der Waals surface area contributed by atoms with Crippen LogP contribution in [0.15, 0.2) is 78.5 Å². The van der Waals surface area contributed by atoms with E-state index in [-0.39, 0.29) is 5.54 Å². The zero-order chi connectivity index (χ0) is 22.3. The minimum absolute atomic E-state index is 0.181. The van der Waals surface area contributed by atoms with Crippen molar-refractivity contribution >= 4 is 0 Å². The topological polar surface area (TPSA) is 33.7 Å². The third-order valence-corrected chi connectivity index (χ3v) is 6.41. The Labute approximate surface area is 187 Å². The summed E-state index contributed by atoms with van der Waals surface area (Å²) < 4.78 is 12.1. The molecule has 0 aliphatic heterocycles. The standard InChI is InChI=1S/C27H36N2O2/c1-26(2,29(4)19-20-30-5)24-13-9-10-14-25(24)27(17-15-23(28-3)16-18-27)31-21-22-11-7-6-8-12-22/h6-17,28H,18-21H2,1-5H3. The Kier molecular flexibility index (Phi) is 7.71. The molecule has 1 N–H and O–H groups in total. The van der Waals surface area contributed by atoms with E-state index in [1.807, 2.05) is 13.1 Å². The molecule has 31 heavy (non-hydrogen) atoms. The molecular formula is C27H36N2O2. The quantitative estimate of drug-likeness (QED) is 0.588. The van der Waals surface area contributed by atoms with Gasteiger partial charge in [-0.25, -0.2) is 0 Å². The van der Waals surface area contributed by atoms with Crippen molar-refractivity contribution in [1.82, 2.24) is 10.2 Å². The second-order valence-corrected chi connectivity index (χ2v) is 8.63. The van der Waals surface area contributed by atoms with E-state index in [2.05, 4.69) is 97.9 Å². The van der Waals surface area contributed by atoms with E-state index in [9.17, 15) is 0 Å². The first-order valence-electron chi connectivity index (χ1n) is 11.0. The molecule has 1 unspecified atom stereocenters. The van der Waals surface area contributed by atoms with Crippen molar-refractivity contribution in [3.63, 3.8) is 0 Å². The van der Waals surface area contributed by atoms with Gasteiger partial charge in [0.15, 0.2) is 0 Å². The highest BCUT2D eigenvalue weighted by molar-refractivity contribution is 5.43. The Morgan fingerprint density at radius 1 is 1.06 bits per heavy atom. The fourth-order valence-corrected chi connectivity index (χ4v) is 4.08. The van der Waals surface area contributed by atoms with Gasteiger partial charge in [0.25, 0.3) is 0 Å². The third-order valence-electron chi connectivity index (χ3n) is 6.41. The van der Waals surface area contributed by atoms with Crippen LogP contribution in [0.25, 0.3) is 0 Å². The molecule has 0 saturated carbocycles. The number of nitrogens with one attached hydrogen (secondary N) is 1. The van der Waals surface area contributed by atoms with Gasteiger partial charge in [0.2, 0.25) is 0 Å². The van der Waals surface area contributed by atoms with Crippen LogP contribution in [0, 0.1) is 0 Å². The number of benzene rings is 2. The number of rotatable bonds is 10. The van der Waals surface area contributed by atoms with E-state index in [1.54, 1.807) is 7.11 Å². The Bertz CT molecular complexity index is 904. The molecule has 4 heteroatoms. The summed E-state index contributed by atoms with van der Waals surface area (Å²) in [6, 6.07) is 19.1. The van der Waals surface area contributed by atoms with Crippen LogP contribution in [0.2, 0.25) is 0 Å². The molecule has 0 saturated heterocycles. The Morgan fingerprint density at radius 3 is 2.42 bits per heavy atom. The predicted octanol–water partition coefficient (Wildman–Crippen LogP) is 4.98. The first kappa shape index (κ1) is 23.3. The van der Waals surface area contributed by atoms with Crippen LogP contribution in [0.4, 0.5) is 0 Å². The van der Waals surface area contributed by atoms with E-state index in [0.717, 1.165) is 18.7 Å². The van der Waals surface area contributed by atoms with Gasteiger partial charge in [0.05, 0.1) is 13.2 Å². The van der Waals surface area contributed by atoms with Gasteiger partial charge in [-0.1, -0.05) is 60.7 Å². The highest BCUT2D eigenvalue weighted by Gasteiger charge is 2.38. The van der Waals surface area contributed by atoms with Crippen LogP contribution >= 0.6 is 0 Å². The van der Waals surface area contributed by atoms with Gasteiger partial charge < -0.3 is 14.8 Å². The fourth-order valence-electron chi connectivity index (χ4n) is 4.08. The number of ether oxygens (including phenoxy) is 2. The summed E-state index contributed by atoms with van der Waals surface area (Å²) in [5.74, 6) is 0. The minimum Gasteiger partial charge on any atom is -0.388 e. The summed E-state index contributed by atoms with van der Waals surface area (Å²) in [5, 5.41) is 3.25. The second kappa shape index (κ2) is 10.3. The van der Waals surface area contributed by atoms with Crippen molar-refractivity contribution in [3.05, 3.63) is 95.2 Å². The monoisotopic (exact) mass is 420 g/mol. The maximum absolute atomic E-state index is 6.73. The molecule has 3 rings (SSSR count). The lowest BCUT2D eigenvalue weighted by Crippen LogP contribution is -2.43. The van der Waals surface area contributed by atoms with Gasteiger partial charge >= 0.3 is 0 Å². The third kappa shape index (κ3) is 5.27. The van der Waals surface area contributed by atoms with Gasteiger partial charge in [0, 0.05) is 38.4 Å². The van der Waals surface area contributed by atoms with Crippen LogP contribution in [-0.2, 0) is 27.2 Å². The van der Waals surface area contributed by atoms with Crippen LogP contribution < -0.4 is 5.32 Å². The van der Waals surface area contributed by atoms with Crippen LogP contribution in [-0.4, -0.2) is 39.3 Å². The minimum atomic E-state index is -0.522.